The summed E-state index contributed by atoms with van der Waals surface area (Å²) >= 11 is 11.8. The quantitative estimate of drug-likeness (QED) is 0.693. The number of hydrogen-bond donors (Lipinski definition) is 1. The second-order valence-corrected chi connectivity index (χ2v) is 6.52. The summed E-state index contributed by atoms with van der Waals surface area (Å²) in [6.45, 7) is 1.48. The molecule has 1 N–H and O–H groups in total. The van der Waals surface area contributed by atoms with Gasteiger partial charge in [0.25, 0.3) is 5.91 Å². The SMILES string of the molecule is COc1ccc(CC(=O)OC(C)C(=O)Nc2cc(Cl)cc(Cl)c2)cc1OC. The zero-order chi connectivity index (χ0) is 20.0. The molecule has 2 aromatic rings. The van der Waals surface area contributed by atoms with Gasteiger partial charge in [0.1, 0.15) is 0 Å². The van der Waals surface area contributed by atoms with Gasteiger partial charge >= 0.3 is 5.97 Å². The third-order valence-electron chi connectivity index (χ3n) is 3.60. The maximum atomic E-state index is 12.2. The Morgan fingerprint density at radius 3 is 2.22 bits per heavy atom. The average Bonchev–Trinajstić information content (AvgIpc) is 2.60. The summed E-state index contributed by atoms with van der Waals surface area (Å²) in [5, 5.41) is 3.37. The Morgan fingerprint density at radius 2 is 1.63 bits per heavy atom. The lowest BCUT2D eigenvalue weighted by Crippen LogP contribution is -2.30. The van der Waals surface area contributed by atoms with Gasteiger partial charge in [0.2, 0.25) is 0 Å². The van der Waals surface area contributed by atoms with Crippen LogP contribution in [0.2, 0.25) is 10.0 Å². The first-order valence-electron chi connectivity index (χ1n) is 7.99. The normalized spacial score (nSPS) is 11.4. The Balaban J connectivity index is 1.95. The van der Waals surface area contributed by atoms with E-state index in [2.05, 4.69) is 5.32 Å². The number of ether oxygens (including phenoxy) is 3. The molecule has 0 fully saturated rings. The van der Waals surface area contributed by atoms with Crippen molar-refractivity contribution in [1.29, 1.82) is 0 Å². The van der Waals surface area contributed by atoms with E-state index in [-0.39, 0.29) is 6.42 Å². The van der Waals surface area contributed by atoms with E-state index in [9.17, 15) is 9.59 Å². The highest BCUT2D eigenvalue weighted by molar-refractivity contribution is 6.35. The van der Waals surface area contributed by atoms with Crippen LogP contribution in [0, 0.1) is 0 Å². The Morgan fingerprint density at radius 1 is 1.00 bits per heavy atom. The van der Waals surface area contributed by atoms with Crippen molar-refractivity contribution in [2.24, 2.45) is 0 Å². The van der Waals surface area contributed by atoms with Gasteiger partial charge in [-0.15, -0.1) is 0 Å². The number of nitrogens with one attached hydrogen (secondary N) is 1. The van der Waals surface area contributed by atoms with Crippen LogP contribution in [0.4, 0.5) is 5.69 Å². The third-order valence-corrected chi connectivity index (χ3v) is 4.04. The summed E-state index contributed by atoms with van der Waals surface area (Å²) in [4.78, 5) is 24.3. The lowest BCUT2D eigenvalue weighted by atomic mass is 10.1. The molecule has 1 unspecified atom stereocenters. The first-order valence-corrected chi connectivity index (χ1v) is 8.75. The molecule has 27 heavy (non-hydrogen) atoms. The molecule has 0 bridgehead atoms. The second-order valence-electron chi connectivity index (χ2n) is 5.65. The van der Waals surface area contributed by atoms with Crippen molar-refractivity contribution in [2.75, 3.05) is 19.5 Å². The van der Waals surface area contributed by atoms with E-state index in [0.29, 0.717) is 32.8 Å². The summed E-state index contributed by atoms with van der Waals surface area (Å²) in [5.41, 5.74) is 1.09. The lowest BCUT2D eigenvalue weighted by Gasteiger charge is -2.14. The summed E-state index contributed by atoms with van der Waals surface area (Å²) in [7, 11) is 3.04. The molecular weight excluding hydrogens is 393 g/mol. The predicted molar refractivity (Wildman–Crippen MR) is 104 cm³/mol. The molecule has 0 aliphatic heterocycles. The van der Waals surface area contributed by atoms with E-state index in [1.165, 1.54) is 21.1 Å². The van der Waals surface area contributed by atoms with Gasteiger partial charge in [0.05, 0.1) is 20.6 Å². The number of halogens is 2. The molecule has 6 nitrogen and oxygen atoms in total. The number of anilines is 1. The van der Waals surface area contributed by atoms with Gasteiger partial charge in [-0.3, -0.25) is 9.59 Å². The van der Waals surface area contributed by atoms with Crippen LogP contribution in [-0.4, -0.2) is 32.2 Å². The van der Waals surface area contributed by atoms with E-state index in [1.807, 2.05) is 0 Å². The topological polar surface area (TPSA) is 73.9 Å². The molecule has 0 aliphatic rings. The lowest BCUT2D eigenvalue weighted by molar-refractivity contribution is -0.152. The molecule has 1 atom stereocenters. The van der Waals surface area contributed by atoms with Gasteiger partial charge in [0, 0.05) is 15.7 Å². The summed E-state index contributed by atoms with van der Waals surface area (Å²) in [6.07, 6.45) is -1.00. The molecule has 0 radical (unpaired) electrons. The highest BCUT2D eigenvalue weighted by Gasteiger charge is 2.19. The van der Waals surface area contributed by atoms with Crippen molar-refractivity contribution < 1.29 is 23.8 Å². The van der Waals surface area contributed by atoms with Gasteiger partial charge in [0.15, 0.2) is 17.6 Å². The molecule has 0 saturated heterocycles. The van der Waals surface area contributed by atoms with Gasteiger partial charge in [-0.25, -0.2) is 0 Å². The maximum Gasteiger partial charge on any atom is 0.311 e. The van der Waals surface area contributed by atoms with Crippen molar-refractivity contribution in [3.05, 3.63) is 52.0 Å². The summed E-state index contributed by atoms with van der Waals surface area (Å²) in [5.74, 6) is 0.0250. The summed E-state index contributed by atoms with van der Waals surface area (Å²) in [6, 6.07) is 9.74. The molecule has 0 aliphatic carbocycles. The Hall–Kier alpha value is -2.44. The Labute approximate surface area is 167 Å². The Bertz CT molecular complexity index is 821. The second kappa shape index (κ2) is 9.48. The standard InChI is InChI=1S/C19H19Cl2NO5/c1-11(19(24)22-15-9-13(20)8-14(21)10-15)27-18(23)7-12-4-5-16(25-2)17(6-12)26-3/h4-6,8-11H,7H2,1-3H3,(H,22,24). The molecule has 0 saturated carbocycles. The van der Waals surface area contributed by atoms with Crippen LogP contribution >= 0.6 is 23.2 Å². The molecule has 2 aromatic carbocycles. The van der Waals surface area contributed by atoms with E-state index < -0.39 is 18.0 Å². The Kier molecular flexibility index (Phi) is 7.33. The minimum Gasteiger partial charge on any atom is -0.493 e. The minimum atomic E-state index is -0.990. The van der Waals surface area contributed by atoms with Crippen LogP contribution in [0.1, 0.15) is 12.5 Å². The minimum absolute atomic E-state index is 0.0129. The van der Waals surface area contributed by atoms with Crippen molar-refractivity contribution in [2.45, 2.75) is 19.4 Å². The largest absolute Gasteiger partial charge is 0.493 e. The smallest absolute Gasteiger partial charge is 0.311 e. The number of benzene rings is 2. The first kappa shape index (κ1) is 20.9. The molecule has 2 rings (SSSR count). The molecule has 8 heteroatoms. The molecule has 1 amide bonds. The van der Waals surface area contributed by atoms with E-state index in [1.54, 1.807) is 36.4 Å². The van der Waals surface area contributed by atoms with Crippen LogP contribution in [0.15, 0.2) is 36.4 Å². The van der Waals surface area contributed by atoms with E-state index >= 15 is 0 Å². The maximum absolute atomic E-state index is 12.2. The van der Waals surface area contributed by atoms with E-state index in [0.717, 1.165) is 0 Å². The average molecular weight is 412 g/mol. The number of hydrogen-bond acceptors (Lipinski definition) is 5. The molecule has 0 heterocycles. The fourth-order valence-corrected chi connectivity index (χ4v) is 2.85. The fraction of sp³-hybridized carbons (Fsp3) is 0.263. The first-order chi connectivity index (χ1) is 12.8. The predicted octanol–water partition coefficient (Wildman–Crippen LogP) is 4.12. The van der Waals surface area contributed by atoms with Crippen LogP contribution in [0.3, 0.4) is 0 Å². The number of amides is 1. The fourth-order valence-electron chi connectivity index (χ4n) is 2.32. The third kappa shape index (κ3) is 6.05. The zero-order valence-corrected chi connectivity index (χ0v) is 16.6. The van der Waals surface area contributed by atoms with E-state index in [4.69, 9.17) is 37.4 Å². The van der Waals surface area contributed by atoms with Gasteiger partial charge in [-0.2, -0.15) is 0 Å². The number of carbonyl (C=O) groups excluding carboxylic acids is 2. The van der Waals surface area contributed by atoms with Gasteiger partial charge < -0.3 is 19.5 Å². The van der Waals surface area contributed by atoms with Crippen molar-refractivity contribution >= 4 is 40.8 Å². The number of methoxy groups -OCH3 is 2. The molecule has 0 spiro atoms. The molecule has 144 valence electrons. The molecule has 0 aromatic heterocycles. The van der Waals surface area contributed by atoms with Gasteiger partial charge in [-0.1, -0.05) is 29.3 Å². The van der Waals surface area contributed by atoms with Crippen molar-refractivity contribution in [3.63, 3.8) is 0 Å². The monoisotopic (exact) mass is 411 g/mol. The zero-order valence-electron chi connectivity index (χ0n) is 15.0. The molecular formula is C19H19Cl2NO5. The highest BCUT2D eigenvalue weighted by Crippen LogP contribution is 2.28. The number of rotatable bonds is 7. The number of esters is 1. The van der Waals surface area contributed by atoms with Crippen LogP contribution in [0.25, 0.3) is 0 Å². The van der Waals surface area contributed by atoms with Crippen LogP contribution in [0.5, 0.6) is 11.5 Å². The number of carbonyl (C=O) groups is 2. The van der Waals surface area contributed by atoms with Crippen molar-refractivity contribution in [1.82, 2.24) is 0 Å². The highest BCUT2D eigenvalue weighted by atomic mass is 35.5. The van der Waals surface area contributed by atoms with Crippen molar-refractivity contribution in [3.8, 4) is 11.5 Å². The van der Waals surface area contributed by atoms with Gasteiger partial charge in [-0.05, 0) is 42.8 Å². The van der Waals surface area contributed by atoms with Crippen LogP contribution in [-0.2, 0) is 20.7 Å². The van der Waals surface area contributed by atoms with Crippen LogP contribution < -0.4 is 14.8 Å². The summed E-state index contributed by atoms with van der Waals surface area (Å²) < 4.78 is 15.5.